The maximum atomic E-state index is 13.7. The maximum Gasteiger partial charge on any atom is 0.408 e. The highest BCUT2D eigenvalue weighted by atomic mass is 35.5. The van der Waals surface area contributed by atoms with Gasteiger partial charge in [-0.15, -0.1) is 11.6 Å². The lowest BCUT2D eigenvalue weighted by Gasteiger charge is -2.45. The quantitative estimate of drug-likeness (QED) is 0.379. The van der Waals surface area contributed by atoms with Gasteiger partial charge in [0.25, 0.3) is 0 Å². The number of carbonyl (C=O) groups is 2. The number of benzene rings is 2. The number of rotatable bonds is 8. The van der Waals surface area contributed by atoms with Crippen LogP contribution in [0, 0.1) is 0 Å². The molecule has 0 aliphatic heterocycles. The van der Waals surface area contributed by atoms with E-state index in [0.29, 0.717) is 19.4 Å². The van der Waals surface area contributed by atoms with Crippen LogP contribution in [-0.2, 0) is 17.6 Å². The Morgan fingerprint density at radius 1 is 1.12 bits per heavy atom. The molecule has 3 atom stereocenters. The highest BCUT2D eigenvalue weighted by Gasteiger charge is 2.48. The van der Waals surface area contributed by atoms with Crippen molar-refractivity contribution in [3.8, 4) is 0 Å². The predicted molar refractivity (Wildman–Crippen MR) is 135 cm³/mol. The molecule has 1 aromatic heterocycles. The molecule has 7 heteroatoms. The van der Waals surface area contributed by atoms with E-state index in [9.17, 15) is 14.7 Å². The van der Waals surface area contributed by atoms with Crippen molar-refractivity contribution in [2.24, 2.45) is 0 Å². The fraction of sp³-hybridized carbons (Fsp3) is 0.407. The number of alkyl halides is 1. The van der Waals surface area contributed by atoms with Crippen LogP contribution in [-0.4, -0.2) is 50.5 Å². The number of carboxylic acid groups (broad SMARTS) is 1. The highest BCUT2D eigenvalue weighted by molar-refractivity contribution is 6.21. The molecule has 2 amide bonds. The van der Waals surface area contributed by atoms with Crippen LogP contribution in [0.25, 0.3) is 10.9 Å². The minimum atomic E-state index is -1.32. The fourth-order valence-corrected chi connectivity index (χ4v) is 5.55. The molecule has 0 spiro atoms. The van der Waals surface area contributed by atoms with Gasteiger partial charge in [-0.1, -0.05) is 61.4 Å². The van der Waals surface area contributed by atoms with E-state index >= 15 is 0 Å². The largest absolute Gasteiger partial charge is 0.465 e. The normalized spacial score (nSPS) is 19.9. The summed E-state index contributed by atoms with van der Waals surface area (Å²) >= 11 is 6.65. The lowest BCUT2D eigenvalue weighted by atomic mass is 9.84. The Hall–Kier alpha value is -2.99. The zero-order valence-electron chi connectivity index (χ0n) is 19.5. The number of aromatic amines is 1. The average Bonchev–Trinajstić information content (AvgIpc) is 3.23. The Bertz CT molecular complexity index is 1130. The molecule has 34 heavy (non-hydrogen) atoms. The van der Waals surface area contributed by atoms with E-state index in [1.165, 1.54) is 4.90 Å². The third-order valence-electron chi connectivity index (χ3n) is 6.96. The number of para-hydroxylation sites is 1. The molecule has 0 saturated heterocycles. The smallest absolute Gasteiger partial charge is 0.408 e. The number of fused-ring (bicyclic) bond motifs is 1. The van der Waals surface area contributed by atoms with E-state index in [1.54, 1.807) is 6.92 Å². The third-order valence-corrected chi connectivity index (χ3v) is 7.47. The fourth-order valence-electron chi connectivity index (χ4n) is 5.15. The molecule has 3 aromatic rings. The first-order chi connectivity index (χ1) is 16.4. The third kappa shape index (κ3) is 5.07. The van der Waals surface area contributed by atoms with Crippen LogP contribution in [0.2, 0.25) is 0 Å². The first-order valence-electron chi connectivity index (χ1n) is 11.9. The molecule has 4 rings (SSSR count). The summed E-state index contributed by atoms with van der Waals surface area (Å²) in [6.45, 7) is 2.16. The number of amides is 2. The number of hydrogen-bond acceptors (Lipinski definition) is 2. The van der Waals surface area contributed by atoms with E-state index in [0.717, 1.165) is 41.3 Å². The van der Waals surface area contributed by atoms with Crippen molar-refractivity contribution in [2.45, 2.75) is 62.4 Å². The molecule has 1 heterocycles. The minimum absolute atomic E-state index is 0.251. The van der Waals surface area contributed by atoms with Crippen LogP contribution in [0.3, 0.4) is 0 Å². The lowest BCUT2D eigenvalue weighted by molar-refractivity contribution is -0.133. The Kier molecular flexibility index (Phi) is 7.47. The summed E-state index contributed by atoms with van der Waals surface area (Å²) in [6, 6.07) is 17.4. The van der Waals surface area contributed by atoms with E-state index < -0.39 is 17.7 Å². The van der Waals surface area contributed by atoms with Crippen LogP contribution in [0.4, 0.5) is 4.79 Å². The van der Waals surface area contributed by atoms with Crippen molar-refractivity contribution in [3.05, 3.63) is 71.9 Å². The van der Waals surface area contributed by atoms with Crippen molar-refractivity contribution in [2.75, 3.05) is 6.54 Å². The van der Waals surface area contributed by atoms with Crippen molar-refractivity contribution < 1.29 is 14.7 Å². The Morgan fingerprint density at radius 3 is 2.56 bits per heavy atom. The van der Waals surface area contributed by atoms with Crippen LogP contribution >= 0.6 is 11.6 Å². The summed E-state index contributed by atoms with van der Waals surface area (Å²) in [5, 5.41) is 14.0. The SMILES string of the molecule is CC(Cc1c[nH]c2ccccc12)(C(=O)NCCc1ccccc1)N(C(=O)O)C1CCCCC1Cl. The molecule has 1 aliphatic rings. The van der Waals surface area contributed by atoms with Gasteiger partial charge in [0.15, 0.2) is 0 Å². The van der Waals surface area contributed by atoms with Gasteiger partial charge in [0, 0.05) is 30.1 Å². The molecule has 3 N–H and O–H groups in total. The van der Waals surface area contributed by atoms with Gasteiger partial charge in [0.1, 0.15) is 5.54 Å². The van der Waals surface area contributed by atoms with Crippen LogP contribution < -0.4 is 5.32 Å². The monoisotopic (exact) mass is 481 g/mol. The van der Waals surface area contributed by atoms with Gasteiger partial charge in [-0.3, -0.25) is 9.69 Å². The summed E-state index contributed by atoms with van der Waals surface area (Å²) in [5.74, 6) is -0.300. The summed E-state index contributed by atoms with van der Waals surface area (Å²) in [5.41, 5.74) is 1.66. The second-order valence-corrected chi connectivity index (χ2v) is 9.88. The molecule has 1 aliphatic carbocycles. The molecule has 0 radical (unpaired) electrons. The first-order valence-corrected chi connectivity index (χ1v) is 12.4. The molecule has 0 bridgehead atoms. The molecular formula is C27H32ClN3O3. The van der Waals surface area contributed by atoms with Gasteiger partial charge in [0.05, 0.1) is 11.4 Å². The molecule has 1 saturated carbocycles. The number of halogens is 1. The van der Waals surface area contributed by atoms with Crippen molar-refractivity contribution in [1.82, 2.24) is 15.2 Å². The number of nitrogens with one attached hydrogen (secondary N) is 2. The number of aromatic nitrogens is 1. The number of carbonyl (C=O) groups excluding carboxylic acids is 1. The molecule has 2 aromatic carbocycles. The van der Waals surface area contributed by atoms with Gasteiger partial charge in [-0.05, 0) is 43.4 Å². The standard InChI is InChI=1S/C27H32ClN3O3/c1-27(17-20-18-30-23-13-7-5-11-21(20)23,25(32)29-16-15-19-9-3-2-4-10-19)31(26(33)34)24-14-8-6-12-22(24)28/h2-5,7,9-11,13,18,22,24,30H,6,8,12,14-17H2,1H3,(H,29,32)(H,33,34). The average molecular weight is 482 g/mol. The zero-order valence-corrected chi connectivity index (χ0v) is 20.2. The second kappa shape index (κ2) is 10.5. The van der Waals surface area contributed by atoms with Crippen molar-refractivity contribution in [1.29, 1.82) is 0 Å². The summed E-state index contributed by atoms with van der Waals surface area (Å²) in [6.07, 6.45) is 4.95. The number of nitrogens with zero attached hydrogens (tertiary/aromatic N) is 1. The topological polar surface area (TPSA) is 85.4 Å². The van der Waals surface area contributed by atoms with Gasteiger partial charge in [-0.25, -0.2) is 4.79 Å². The Morgan fingerprint density at radius 2 is 1.82 bits per heavy atom. The van der Waals surface area contributed by atoms with E-state index in [1.807, 2.05) is 60.8 Å². The van der Waals surface area contributed by atoms with E-state index in [2.05, 4.69) is 10.3 Å². The minimum Gasteiger partial charge on any atom is -0.465 e. The van der Waals surface area contributed by atoms with Gasteiger partial charge in [-0.2, -0.15) is 0 Å². The van der Waals surface area contributed by atoms with Gasteiger partial charge < -0.3 is 15.4 Å². The van der Waals surface area contributed by atoms with E-state index in [4.69, 9.17) is 11.6 Å². The number of hydrogen-bond donors (Lipinski definition) is 3. The van der Waals surface area contributed by atoms with Crippen LogP contribution in [0.5, 0.6) is 0 Å². The van der Waals surface area contributed by atoms with Crippen LogP contribution in [0.1, 0.15) is 43.7 Å². The lowest BCUT2D eigenvalue weighted by Crippen LogP contribution is -2.65. The number of H-pyrrole nitrogens is 1. The summed E-state index contributed by atoms with van der Waals surface area (Å²) in [7, 11) is 0. The molecular weight excluding hydrogens is 450 g/mol. The summed E-state index contributed by atoms with van der Waals surface area (Å²) < 4.78 is 0. The highest BCUT2D eigenvalue weighted by Crippen LogP contribution is 2.35. The Balaban J connectivity index is 1.65. The Labute approximate surface area is 205 Å². The molecule has 1 fully saturated rings. The van der Waals surface area contributed by atoms with Crippen molar-refractivity contribution in [3.63, 3.8) is 0 Å². The second-order valence-electron chi connectivity index (χ2n) is 9.32. The van der Waals surface area contributed by atoms with Crippen LogP contribution in [0.15, 0.2) is 60.8 Å². The van der Waals surface area contributed by atoms with Crippen molar-refractivity contribution >= 4 is 34.5 Å². The molecule has 180 valence electrons. The molecule has 3 unspecified atom stereocenters. The predicted octanol–water partition coefficient (Wildman–Crippen LogP) is 5.36. The van der Waals surface area contributed by atoms with E-state index in [-0.39, 0.29) is 17.7 Å². The summed E-state index contributed by atoms with van der Waals surface area (Å²) in [4.78, 5) is 31.0. The first kappa shape index (κ1) is 24.1. The van der Waals surface area contributed by atoms with Gasteiger partial charge >= 0.3 is 6.09 Å². The molecule has 6 nitrogen and oxygen atoms in total. The van der Waals surface area contributed by atoms with Gasteiger partial charge in [0.2, 0.25) is 5.91 Å². The maximum absolute atomic E-state index is 13.7. The zero-order chi connectivity index (χ0) is 24.1.